The summed E-state index contributed by atoms with van der Waals surface area (Å²) in [7, 11) is 0. The van der Waals surface area contributed by atoms with E-state index in [0.29, 0.717) is 21.7 Å². The van der Waals surface area contributed by atoms with E-state index in [1.165, 1.54) is 4.68 Å². The largest absolute Gasteiger partial charge is 0.364 e. The number of pyridine rings is 1. The molecule has 3 N–H and O–H groups in total. The minimum Gasteiger partial charge on any atom is -0.364 e. The maximum absolute atomic E-state index is 13.4. The van der Waals surface area contributed by atoms with Crippen molar-refractivity contribution in [1.29, 1.82) is 0 Å². The fraction of sp³-hybridized carbons (Fsp3) is 0.318. The highest BCUT2D eigenvalue weighted by molar-refractivity contribution is 6.31. The summed E-state index contributed by atoms with van der Waals surface area (Å²) in [5, 5.41) is 8.22. The smallest absolute Gasteiger partial charge is 0.269 e. The second-order valence-corrected chi connectivity index (χ2v) is 9.16. The van der Waals surface area contributed by atoms with Gasteiger partial charge in [0.1, 0.15) is 23.6 Å². The highest BCUT2D eigenvalue weighted by atomic mass is 35.5. The number of carbonyl (C=O) groups is 3. The van der Waals surface area contributed by atoms with Crippen molar-refractivity contribution in [2.24, 2.45) is 11.7 Å². The number of likely N-dealkylation sites (tertiary alicyclic amines) is 1. The number of anilines is 1. The van der Waals surface area contributed by atoms with Gasteiger partial charge in [-0.05, 0) is 55.5 Å². The Bertz CT molecular complexity index is 1290. The van der Waals surface area contributed by atoms with Crippen molar-refractivity contribution in [3.63, 3.8) is 0 Å². The summed E-state index contributed by atoms with van der Waals surface area (Å²) in [6.07, 6.45) is 2.50. The van der Waals surface area contributed by atoms with Gasteiger partial charge in [0.05, 0.1) is 5.52 Å². The van der Waals surface area contributed by atoms with E-state index in [9.17, 15) is 14.4 Å². The Balaban J connectivity index is 1.42. The molecule has 1 aliphatic heterocycles. The van der Waals surface area contributed by atoms with Crippen LogP contribution in [0.4, 0.5) is 5.82 Å². The Hall–Kier alpha value is -3.17. The standard InChI is InChI=1S/C22H20Cl2N6O3/c23-12-5-7-15-14(9-12)19(21(25)32)28-29(15)10-18(31)30-13-6-4-11(8-13)20(30)22(33)27-17-3-1-2-16(24)26-17/h1-3,5,7,9,11,13,20H,4,6,8,10H2,(H2,25,32)(H,26,27,33)/t11-,13+,20+/m1/s1. The number of nitrogens with zero attached hydrogens (tertiary/aromatic N) is 4. The Kier molecular flexibility index (Phi) is 5.46. The van der Waals surface area contributed by atoms with Crippen LogP contribution in [-0.4, -0.2) is 49.5 Å². The summed E-state index contributed by atoms with van der Waals surface area (Å²) in [4.78, 5) is 44.2. The van der Waals surface area contributed by atoms with Gasteiger partial charge in [-0.15, -0.1) is 0 Å². The summed E-state index contributed by atoms with van der Waals surface area (Å²) in [6.45, 7) is -0.131. The lowest BCUT2D eigenvalue weighted by atomic mass is 9.97. The van der Waals surface area contributed by atoms with Crippen molar-refractivity contribution in [3.8, 4) is 0 Å². The molecule has 2 bridgehead atoms. The summed E-state index contributed by atoms with van der Waals surface area (Å²) < 4.78 is 1.44. The van der Waals surface area contributed by atoms with Gasteiger partial charge in [0.25, 0.3) is 5.91 Å². The van der Waals surface area contributed by atoms with E-state index in [1.54, 1.807) is 41.3 Å². The number of nitrogens with two attached hydrogens (primary N) is 1. The topological polar surface area (TPSA) is 123 Å². The van der Waals surface area contributed by atoms with Crippen molar-refractivity contribution in [2.75, 3.05) is 5.32 Å². The lowest BCUT2D eigenvalue weighted by Gasteiger charge is -2.34. The third kappa shape index (κ3) is 3.91. The first-order valence-electron chi connectivity index (χ1n) is 10.5. The third-order valence-electron chi connectivity index (χ3n) is 6.34. The molecule has 0 unspecified atom stereocenters. The Labute approximate surface area is 198 Å². The average molecular weight is 487 g/mol. The first-order valence-corrected chi connectivity index (χ1v) is 11.3. The van der Waals surface area contributed by atoms with Crippen molar-refractivity contribution in [1.82, 2.24) is 19.7 Å². The Morgan fingerprint density at radius 2 is 1.97 bits per heavy atom. The minimum absolute atomic E-state index is 0.0162. The van der Waals surface area contributed by atoms with Crippen LogP contribution in [0, 0.1) is 5.92 Å². The molecule has 1 aliphatic carbocycles. The van der Waals surface area contributed by atoms with E-state index >= 15 is 0 Å². The summed E-state index contributed by atoms with van der Waals surface area (Å²) in [6, 6.07) is 9.28. The van der Waals surface area contributed by atoms with Crippen LogP contribution in [0.2, 0.25) is 10.2 Å². The van der Waals surface area contributed by atoms with Crippen LogP contribution in [-0.2, 0) is 16.1 Å². The zero-order chi connectivity index (χ0) is 23.3. The van der Waals surface area contributed by atoms with Gasteiger partial charge in [0.2, 0.25) is 11.8 Å². The number of piperidine rings is 1. The van der Waals surface area contributed by atoms with Crippen LogP contribution < -0.4 is 11.1 Å². The monoisotopic (exact) mass is 486 g/mol. The van der Waals surface area contributed by atoms with Crippen LogP contribution in [0.25, 0.3) is 10.9 Å². The van der Waals surface area contributed by atoms with Crippen molar-refractivity contribution >= 4 is 57.6 Å². The van der Waals surface area contributed by atoms with Gasteiger partial charge in [-0.3, -0.25) is 19.1 Å². The minimum atomic E-state index is -0.708. The number of rotatable bonds is 5. The number of primary amides is 1. The van der Waals surface area contributed by atoms with E-state index in [0.717, 1.165) is 19.3 Å². The molecule has 1 aromatic carbocycles. The first-order chi connectivity index (χ1) is 15.8. The van der Waals surface area contributed by atoms with Gasteiger partial charge >= 0.3 is 0 Å². The predicted octanol–water partition coefficient (Wildman–Crippen LogP) is 2.86. The molecular formula is C22H20Cl2N6O3. The molecule has 3 aromatic rings. The highest BCUT2D eigenvalue weighted by Gasteiger charge is 2.51. The van der Waals surface area contributed by atoms with Gasteiger partial charge < -0.3 is 16.0 Å². The molecule has 2 aliphatic rings. The summed E-state index contributed by atoms with van der Waals surface area (Å²) >= 11 is 12.0. The number of aromatic nitrogens is 3. The number of amides is 3. The molecule has 3 atom stereocenters. The molecule has 3 amide bonds. The van der Waals surface area contributed by atoms with Crippen LogP contribution in [0.15, 0.2) is 36.4 Å². The van der Waals surface area contributed by atoms with Crippen LogP contribution in [0.1, 0.15) is 29.8 Å². The number of fused-ring (bicyclic) bond motifs is 3. The number of carbonyl (C=O) groups excluding carboxylic acids is 3. The van der Waals surface area contributed by atoms with E-state index in [4.69, 9.17) is 28.9 Å². The average Bonchev–Trinajstić information content (AvgIpc) is 3.46. The van der Waals surface area contributed by atoms with Gasteiger partial charge in [0, 0.05) is 16.5 Å². The van der Waals surface area contributed by atoms with Crippen molar-refractivity contribution in [3.05, 3.63) is 52.3 Å². The van der Waals surface area contributed by atoms with Crippen LogP contribution >= 0.6 is 23.2 Å². The lowest BCUT2D eigenvalue weighted by molar-refractivity contribution is -0.141. The third-order valence-corrected chi connectivity index (χ3v) is 6.78. The highest BCUT2D eigenvalue weighted by Crippen LogP contribution is 2.43. The van der Waals surface area contributed by atoms with E-state index in [1.807, 2.05) is 0 Å². The molecule has 2 fully saturated rings. The second kappa shape index (κ2) is 8.31. The molecule has 2 aromatic heterocycles. The van der Waals surface area contributed by atoms with Crippen LogP contribution in [0.3, 0.4) is 0 Å². The molecule has 170 valence electrons. The maximum atomic E-state index is 13.4. The van der Waals surface area contributed by atoms with Crippen LogP contribution in [0.5, 0.6) is 0 Å². The van der Waals surface area contributed by atoms with Gasteiger partial charge in [-0.1, -0.05) is 29.3 Å². The van der Waals surface area contributed by atoms with E-state index in [2.05, 4.69) is 15.4 Å². The second-order valence-electron chi connectivity index (χ2n) is 8.34. The fourth-order valence-electron chi connectivity index (χ4n) is 5.03. The molecule has 1 saturated carbocycles. The van der Waals surface area contributed by atoms with Crippen molar-refractivity contribution in [2.45, 2.75) is 37.9 Å². The van der Waals surface area contributed by atoms with E-state index in [-0.39, 0.29) is 41.2 Å². The van der Waals surface area contributed by atoms with E-state index < -0.39 is 11.9 Å². The molecule has 5 rings (SSSR count). The predicted molar refractivity (Wildman–Crippen MR) is 123 cm³/mol. The quantitative estimate of drug-likeness (QED) is 0.536. The molecule has 0 spiro atoms. The summed E-state index contributed by atoms with van der Waals surface area (Å²) in [5.41, 5.74) is 6.08. The summed E-state index contributed by atoms with van der Waals surface area (Å²) in [5.74, 6) is -0.840. The number of nitrogens with one attached hydrogen (secondary N) is 1. The van der Waals surface area contributed by atoms with Gasteiger partial charge in [-0.2, -0.15) is 5.10 Å². The molecule has 9 nitrogen and oxygen atoms in total. The number of benzene rings is 1. The van der Waals surface area contributed by atoms with Crippen molar-refractivity contribution < 1.29 is 14.4 Å². The first kappa shape index (κ1) is 21.7. The molecule has 1 saturated heterocycles. The Morgan fingerprint density at radius 3 is 2.73 bits per heavy atom. The molecule has 33 heavy (non-hydrogen) atoms. The molecule has 0 radical (unpaired) electrons. The SMILES string of the molecule is NC(=O)c1nn(CC(=O)N2[C@H]3CC[C@H](C3)[C@H]2C(=O)Nc2cccc(Cl)n2)c2ccc(Cl)cc12. The van der Waals surface area contributed by atoms with Gasteiger partial charge in [0.15, 0.2) is 5.69 Å². The molecule has 11 heteroatoms. The molecule has 3 heterocycles. The van der Waals surface area contributed by atoms with Gasteiger partial charge in [-0.25, -0.2) is 4.98 Å². The number of hydrogen-bond acceptors (Lipinski definition) is 5. The zero-order valence-electron chi connectivity index (χ0n) is 17.4. The normalized spacial score (nSPS) is 21.5. The number of hydrogen-bond donors (Lipinski definition) is 2. The Morgan fingerprint density at radius 1 is 1.15 bits per heavy atom. The lowest BCUT2D eigenvalue weighted by Crippen LogP contribution is -2.52. The number of halogens is 2. The maximum Gasteiger partial charge on any atom is 0.269 e. The zero-order valence-corrected chi connectivity index (χ0v) is 18.9. The fourth-order valence-corrected chi connectivity index (χ4v) is 5.36. The molecular weight excluding hydrogens is 467 g/mol.